The van der Waals surface area contributed by atoms with Gasteiger partial charge in [0, 0.05) is 26.2 Å². The van der Waals surface area contributed by atoms with Crippen molar-refractivity contribution in [2.45, 2.75) is 4.90 Å². The molecule has 0 aliphatic carbocycles. The summed E-state index contributed by atoms with van der Waals surface area (Å²) in [7, 11) is -3.71. The van der Waals surface area contributed by atoms with Gasteiger partial charge in [-0.3, -0.25) is 4.90 Å². The lowest BCUT2D eigenvalue weighted by Gasteiger charge is -2.26. The molecular formula is C11H15BrN2O5S2. The Morgan fingerprint density at radius 1 is 1.48 bits per heavy atom. The van der Waals surface area contributed by atoms with Gasteiger partial charge >= 0.3 is 5.97 Å². The van der Waals surface area contributed by atoms with Crippen LogP contribution in [0.25, 0.3) is 0 Å². The number of nitrogens with zero attached hydrogens (tertiary/aromatic N) is 1. The van der Waals surface area contributed by atoms with Crippen LogP contribution in [-0.4, -0.2) is 63.8 Å². The number of hydrogen-bond donors (Lipinski definition) is 2. The normalized spacial score (nSPS) is 17.0. The van der Waals surface area contributed by atoms with Gasteiger partial charge in [-0.1, -0.05) is 0 Å². The fourth-order valence-corrected chi connectivity index (χ4v) is 5.30. The molecule has 118 valence electrons. The molecule has 1 aliphatic rings. The second-order valence-corrected chi connectivity index (χ2v) is 8.51. The van der Waals surface area contributed by atoms with Gasteiger partial charge in [-0.2, -0.15) is 0 Å². The van der Waals surface area contributed by atoms with E-state index < -0.39 is 16.0 Å². The first-order valence-electron chi connectivity index (χ1n) is 6.22. The number of carboxylic acid groups (broad SMARTS) is 1. The van der Waals surface area contributed by atoms with Crippen LogP contribution in [0.3, 0.4) is 0 Å². The molecule has 1 aromatic rings. The van der Waals surface area contributed by atoms with E-state index in [1.807, 2.05) is 0 Å². The summed E-state index contributed by atoms with van der Waals surface area (Å²) < 4.78 is 32.3. The largest absolute Gasteiger partial charge is 0.477 e. The van der Waals surface area contributed by atoms with Crippen LogP contribution in [0.15, 0.2) is 14.7 Å². The van der Waals surface area contributed by atoms with Gasteiger partial charge in [-0.15, -0.1) is 11.3 Å². The minimum Gasteiger partial charge on any atom is -0.477 e. The fraction of sp³-hybridized carbons (Fsp3) is 0.545. The Bertz CT molecular complexity index is 610. The molecule has 0 bridgehead atoms. The molecule has 0 atom stereocenters. The number of hydrogen-bond acceptors (Lipinski definition) is 6. The summed E-state index contributed by atoms with van der Waals surface area (Å²) in [5.74, 6) is -1.14. The molecule has 0 saturated carbocycles. The van der Waals surface area contributed by atoms with E-state index in [9.17, 15) is 13.2 Å². The van der Waals surface area contributed by atoms with Crippen LogP contribution in [-0.2, 0) is 14.8 Å². The number of rotatable bonds is 6. The topological polar surface area (TPSA) is 95.9 Å². The predicted molar refractivity (Wildman–Crippen MR) is 81.4 cm³/mol. The van der Waals surface area contributed by atoms with Crippen molar-refractivity contribution in [2.24, 2.45) is 0 Å². The Labute approximate surface area is 135 Å². The third-order valence-electron chi connectivity index (χ3n) is 2.98. The molecule has 2 rings (SSSR count). The lowest BCUT2D eigenvalue weighted by atomic mass is 10.4. The van der Waals surface area contributed by atoms with Crippen molar-refractivity contribution in [3.05, 3.63) is 14.7 Å². The summed E-state index contributed by atoms with van der Waals surface area (Å²) in [6.45, 7) is 3.75. The van der Waals surface area contributed by atoms with Gasteiger partial charge in [0.1, 0.15) is 9.77 Å². The van der Waals surface area contributed by atoms with Crippen molar-refractivity contribution < 1.29 is 23.1 Å². The summed E-state index contributed by atoms with van der Waals surface area (Å²) in [4.78, 5) is 12.9. The van der Waals surface area contributed by atoms with Crippen LogP contribution in [0.2, 0.25) is 0 Å². The van der Waals surface area contributed by atoms with Gasteiger partial charge in [0.15, 0.2) is 0 Å². The molecule has 2 N–H and O–H groups in total. The molecule has 0 amide bonds. The second kappa shape index (κ2) is 7.16. The molecule has 0 spiro atoms. The first-order valence-corrected chi connectivity index (χ1v) is 9.32. The maximum atomic E-state index is 12.2. The van der Waals surface area contributed by atoms with Crippen molar-refractivity contribution in [3.8, 4) is 0 Å². The van der Waals surface area contributed by atoms with Gasteiger partial charge in [-0.25, -0.2) is 17.9 Å². The summed E-state index contributed by atoms with van der Waals surface area (Å²) in [5, 5.41) is 8.89. The van der Waals surface area contributed by atoms with Crippen LogP contribution in [0.4, 0.5) is 0 Å². The van der Waals surface area contributed by atoms with Crippen LogP contribution >= 0.6 is 27.3 Å². The number of carboxylic acids is 1. The number of halogens is 1. The second-order valence-electron chi connectivity index (χ2n) is 4.41. The SMILES string of the molecule is O=C(O)c1cc(S(=O)(=O)NCCN2CCOCC2)c(Br)s1. The Kier molecular flexibility index (Phi) is 5.74. The summed E-state index contributed by atoms with van der Waals surface area (Å²) >= 11 is 3.98. The molecule has 0 unspecified atom stereocenters. The van der Waals surface area contributed by atoms with E-state index in [0.29, 0.717) is 23.5 Å². The minimum absolute atomic E-state index is 0.0181. The molecule has 0 aromatic carbocycles. The summed E-state index contributed by atoms with van der Waals surface area (Å²) in [6.07, 6.45) is 0. The fourth-order valence-electron chi connectivity index (χ4n) is 1.88. The molecule has 0 radical (unpaired) electrons. The number of aromatic carboxylic acids is 1. The Balaban J connectivity index is 1.96. The smallest absolute Gasteiger partial charge is 0.345 e. The Morgan fingerprint density at radius 3 is 2.71 bits per heavy atom. The molecule has 7 nitrogen and oxygen atoms in total. The molecule has 1 saturated heterocycles. The molecule has 1 fully saturated rings. The molecule has 1 aromatic heterocycles. The maximum Gasteiger partial charge on any atom is 0.345 e. The number of nitrogens with one attached hydrogen (secondary N) is 1. The van der Waals surface area contributed by atoms with Crippen LogP contribution in [0, 0.1) is 0 Å². The van der Waals surface area contributed by atoms with E-state index in [2.05, 4.69) is 25.6 Å². The van der Waals surface area contributed by atoms with Crippen LogP contribution in [0.5, 0.6) is 0 Å². The van der Waals surface area contributed by atoms with Gasteiger partial charge in [0.25, 0.3) is 0 Å². The Morgan fingerprint density at radius 2 is 2.14 bits per heavy atom. The summed E-state index contributed by atoms with van der Waals surface area (Å²) in [5.41, 5.74) is 0. The highest BCUT2D eigenvalue weighted by atomic mass is 79.9. The molecular weight excluding hydrogens is 384 g/mol. The van der Waals surface area contributed by atoms with Crippen molar-refractivity contribution in [1.82, 2.24) is 9.62 Å². The number of sulfonamides is 1. The van der Waals surface area contributed by atoms with E-state index >= 15 is 0 Å². The highest BCUT2D eigenvalue weighted by molar-refractivity contribution is 9.11. The molecule has 10 heteroatoms. The van der Waals surface area contributed by atoms with E-state index in [4.69, 9.17) is 9.84 Å². The quantitative estimate of drug-likeness (QED) is 0.736. The van der Waals surface area contributed by atoms with Gasteiger partial charge in [0.05, 0.1) is 17.0 Å². The first kappa shape index (κ1) is 16.8. The number of carbonyl (C=O) groups is 1. The standard InChI is InChI=1S/C11H15BrN2O5S2/c12-10-9(7-8(20-10)11(15)16)21(17,18)13-1-2-14-3-5-19-6-4-14/h7,13H,1-6H2,(H,15,16). The highest BCUT2D eigenvalue weighted by Gasteiger charge is 2.23. The zero-order valence-electron chi connectivity index (χ0n) is 11.0. The number of thiophene rings is 1. The number of ether oxygens (including phenoxy) is 1. The van der Waals surface area contributed by atoms with E-state index in [1.54, 1.807) is 0 Å². The van der Waals surface area contributed by atoms with Crippen molar-refractivity contribution in [3.63, 3.8) is 0 Å². The third kappa shape index (κ3) is 4.47. The highest BCUT2D eigenvalue weighted by Crippen LogP contribution is 2.31. The zero-order valence-corrected chi connectivity index (χ0v) is 14.3. The van der Waals surface area contributed by atoms with Crippen molar-refractivity contribution in [2.75, 3.05) is 39.4 Å². The molecule has 1 aliphatic heterocycles. The van der Waals surface area contributed by atoms with Gasteiger partial charge < -0.3 is 9.84 Å². The van der Waals surface area contributed by atoms with Crippen molar-refractivity contribution >= 4 is 43.3 Å². The zero-order chi connectivity index (χ0) is 15.5. The Hall–Kier alpha value is -0.520. The number of morpholine rings is 1. The third-order valence-corrected chi connectivity index (χ3v) is 6.68. The lowest BCUT2D eigenvalue weighted by Crippen LogP contribution is -2.41. The molecule has 2 heterocycles. The maximum absolute atomic E-state index is 12.2. The van der Waals surface area contributed by atoms with Crippen molar-refractivity contribution in [1.29, 1.82) is 0 Å². The van der Waals surface area contributed by atoms with E-state index in [-0.39, 0.29) is 16.3 Å². The van der Waals surface area contributed by atoms with Gasteiger partial charge in [-0.05, 0) is 22.0 Å². The van der Waals surface area contributed by atoms with Crippen LogP contribution < -0.4 is 4.72 Å². The average molecular weight is 399 g/mol. The minimum atomic E-state index is -3.71. The monoisotopic (exact) mass is 398 g/mol. The van der Waals surface area contributed by atoms with Crippen LogP contribution in [0.1, 0.15) is 9.67 Å². The summed E-state index contributed by atoms with van der Waals surface area (Å²) in [6, 6.07) is 1.16. The van der Waals surface area contributed by atoms with E-state index in [0.717, 1.165) is 30.5 Å². The van der Waals surface area contributed by atoms with E-state index in [1.165, 1.54) is 0 Å². The average Bonchev–Trinajstić information content (AvgIpc) is 2.83. The molecule has 21 heavy (non-hydrogen) atoms. The predicted octanol–water partition coefficient (Wildman–Crippen LogP) is 0.819. The lowest BCUT2D eigenvalue weighted by molar-refractivity contribution is 0.0390. The van der Waals surface area contributed by atoms with Gasteiger partial charge in [0.2, 0.25) is 10.0 Å². The first-order chi connectivity index (χ1) is 9.90.